The molecule has 44 heavy (non-hydrogen) atoms. The van der Waals surface area contributed by atoms with E-state index in [1.54, 1.807) is 30.5 Å². The molecule has 1 aliphatic heterocycles. The van der Waals surface area contributed by atoms with E-state index in [4.69, 9.17) is 5.41 Å². The van der Waals surface area contributed by atoms with Crippen LogP contribution in [0.25, 0.3) is 16.9 Å². The summed E-state index contributed by atoms with van der Waals surface area (Å²) < 4.78 is 32.0. The number of amides is 2. The summed E-state index contributed by atoms with van der Waals surface area (Å²) in [7, 11) is 0. The van der Waals surface area contributed by atoms with Crippen molar-refractivity contribution < 1.29 is 28.3 Å². The fourth-order valence-corrected chi connectivity index (χ4v) is 6.11. The number of carbonyl (C=O) groups excluding carboxylic acids is 2. The number of hydrogen-bond donors (Lipinski definition) is 3. The molecule has 10 nitrogen and oxygen atoms in total. The second kappa shape index (κ2) is 11.6. The Kier molecular flexibility index (Phi) is 8.02. The molecule has 1 unspecified atom stereocenters. The molecule has 3 heterocycles. The van der Waals surface area contributed by atoms with E-state index < -0.39 is 59.3 Å². The third kappa shape index (κ3) is 5.54. The van der Waals surface area contributed by atoms with Crippen LogP contribution in [0, 0.1) is 42.2 Å². The Morgan fingerprint density at radius 1 is 1.18 bits per heavy atom. The molecule has 2 amide bonds. The number of hydrogen-bond acceptors (Lipinski definition) is 6. The Morgan fingerprint density at radius 2 is 1.89 bits per heavy atom. The summed E-state index contributed by atoms with van der Waals surface area (Å²) in [5.41, 5.74) is 1.56. The van der Waals surface area contributed by atoms with Crippen LogP contribution in [0.1, 0.15) is 53.5 Å². The lowest BCUT2D eigenvalue weighted by Gasteiger charge is -2.28. The number of nitrogens with zero attached hydrogens (tertiary/aromatic N) is 4. The van der Waals surface area contributed by atoms with E-state index in [2.05, 4.69) is 15.3 Å². The average Bonchev–Trinajstić information content (AvgIpc) is 3.51. The van der Waals surface area contributed by atoms with Crippen LogP contribution >= 0.6 is 0 Å². The average molecular weight is 603 g/mol. The molecule has 1 saturated heterocycles. The molecule has 5 rings (SSSR count). The van der Waals surface area contributed by atoms with E-state index >= 15 is 8.78 Å². The number of rotatable bonds is 8. The highest BCUT2D eigenvalue weighted by Crippen LogP contribution is 2.40. The van der Waals surface area contributed by atoms with Gasteiger partial charge < -0.3 is 20.7 Å². The van der Waals surface area contributed by atoms with E-state index in [0.717, 1.165) is 23.4 Å². The van der Waals surface area contributed by atoms with Gasteiger partial charge in [-0.1, -0.05) is 32.0 Å². The van der Waals surface area contributed by atoms with Crippen molar-refractivity contribution in [1.82, 2.24) is 24.6 Å². The number of imidazole rings is 1. The lowest BCUT2D eigenvalue weighted by atomic mass is 9.79. The summed E-state index contributed by atoms with van der Waals surface area (Å²) in [4.78, 5) is 49.3. The van der Waals surface area contributed by atoms with Gasteiger partial charge in [-0.15, -0.1) is 0 Å². The monoisotopic (exact) mass is 602 g/mol. The van der Waals surface area contributed by atoms with Gasteiger partial charge in [0.2, 0.25) is 11.7 Å². The predicted molar refractivity (Wildman–Crippen MR) is 158 cm³/mol. The molecule has 2 aromatic carbocycles. The molecular formula is C32H32F2N6O4. The number of fused-ring (bicyclic) bond motifs is 1. The smallest absolute Gasteiger partial charge is 0.305 e. The SMILES string of the molecule is Cc1cccc(C)c1-c1cc(F)c(F)c([C@H](CC(=O)O)NC(=O)[C@@H]2C(C=N)C(C)(C)CN2C(=O)c2cn3cccnc3n2)c1. The molecule has 0 spiro atoms. The molecule has 2 aromatic heterocycles. The summed E-state index contributed by atoms with van der Waals surface area (Å²) in [6, 6.07) is 6.81. The van der Waals surface area contributed by atoms with Crippen molar-refractivity contribution in [3.63, 3.8) is 0 Å². The normalized spacial score (nSPS) is 18.3. The summed E-state index contributed by atoms with van der Waals surface area (Å²) in [6.45, 7) is 7.34. The molecule has 228 valence electrons. The van der Waals surface area contributed by atoms with Gasteiger partial charge in [0.1, 0.15) is 11.7 Å². The lowest BCUT2D eigenvalue weighted by molar-refractivity contribution is -0.138. The van der Waals surface area contributed by atoms with Crippen LogP contribution in [0.3, 0.4) is 0 Å². The van der Waals surface area contributed by atoms with E-state index in [1.807, 2.05) is 32.0 Å². The molecule has 1 aliphatic rings. The Bertz CT molecular complexity index is 1750. The van der Waals surface area contributed by atoms with E-state index in [9.17, 15) is 19.5 Å². The van der Waals surface area contributed by atoms with Crippen molar-refractivity contribution in [2.75, 3.05) is 6.54 Å². The first-order valence-electron chi connectivity index (χ1n) is 14.0. The van der Waals surface area contributed by atoms with Gasteiger partial charge >= 0.3 is 5.97 Å². The van der Waals surface area contributed by atoms with E-state index in [1.165, 1.54) is 23.4 Å². The van der Waals surface area contributed by atoms with Crippen molar-refractivity contribution >= 4 is 29.8 Å². The fraction of sp³-hybridized carbons (Fsp3) is 0.312. The van der Waals surface area contributed by atoms with Crippen molar-refractivity contribution in [2.24, 2.45) is 11.3 Å². The molecule has 0 bridgehead atoms. The molecular weight excluding hydrogens is 570 g/mol. The molecule has 1 fully saturated rings. The van der Waals surface area contributed by atoms with Crippen LogP contribution in [-0.4, -0.2) is 61.0 Å². The number of carbonyl (C=O) groups is 3. The van der Waals surface area contributed by atoms with Gasteiger partial charge in [0.15, 0.2) is 11.6 Å². The van der Waals surface area contributed by atoms with Gasteiger partial charge in [-0.25, -0.2) is 18.7 Å². The molecule has 0 saturated carbocycles. The Morgan fingerprint density at radius 3 is 2.52 bits per heavy atom. The minimum Gasteiger partial charge on any atom is -0.481 e. The third-order valence-corrected chi connectivity index (χ3v) is 8.22. The number of carboxylic acid groups (broad SMARTS) is 1. The number of likely N-dealkylation sites (tertiary alicyclic amines) is 1. The number of aliphatic carboxylic acids is 1. The first kappa shape index (κ1) is 30.5. The quantitative estimate of drug-likeness (QED) is 0.249. The zero-order valence-electron chi connectivity index (χ0n) is 24.6. The van der Waals surface area contributed by atoms with Crippen molar-refractivity contribution in [2.45, 2.75) is 46.2 Å². The number of nitrogens with one attached hydrogen (secondary N) is 2. The highest BCUT2D eigenvalue weighted by Gasteiger charge is 2.52. The Labute approximate surface area is 252 Å². The van der Waals surface area contributed by atoms with Crippen LogP contribution < -0.4 is 5.32 Å². The minimum absolute atomic E-state index is 0.0273. The minimum atomic E-state index is -1.48. The van der Waals surface area contributed by atoms with Gasteiger partial charge in [0.05, 0.1) is 12.5 Å². The number of carboxylic acids is 1. The van der Waals surface area contributed by atoms with Gasteiger partial charge in [0.25, 0.3) is 5.91 Å². The number of aromatic nitrogens is 3. The number of benzene rings is 2. The fourth-order valence-electron chi connectivity index (χ4n) is 6.11. The highest BCUT2D eigenvalue weighted by molar-refractivity contribution is 5.98. The van der Waals surface area contributed by atoms with Crippen molar-refractivity contribution in [1.29, 1.82) is 5.41 Å². The van der Waals surface area contributed by atoms with Crippen molar-refractivity contribution in [3.05, 3.63) is 89.0 Å². The Balaban J connectivity index is 1.54. The van der Waals surface area contributed by atoms with Gasteiger partial charge in [-0.2, -0.15) is 0 Å². The van der Waals surface area contributed by atoms with Crippen molar-refractivity contribution in [3.8, 4) is 11.1 Å². The molecule has 0 aliphatic carbocycles. The molecule has 12 heteroatoms. The van der Waals surface area contributed by atoms with Crippen LogP contribution in [0.2, 0.25) is 0 Å². The first-order chi connectivity index (χ1) is 20.8. The molecule has 4 aromatic rings. The zero-order valence-corrected chi connectivity index (χ0v) is 24.6. The summed E-state index contributed by atoms with van der Waals surface area (Å²) >= 11 is 0. The second-order valence-corrected chi connectivity index (χ2v) is 11.8. The summed E-state index contributed by atoms with van der Waals surface area (Å²) in [5, 5.41) is 20.4. The van der Waals surface area contributed by atoms with Crippen LogP contribution in [0.4, 0.5) is 8.78 Å². The van der Waals surface area contributed by atoms with Crippen LogP contribution in [-0.2, 0) is 9.59 Å². The largest absolute Gasteiger partial charge is 0.481 e. The maximum Gasteiger partial charge on any atom is 0.305 e. The zero-order chi connectivity index (χ0) is 31.9. The lowest BCUT2D eigenvalue weighted by Crippen LogP contribution is -2.50. The molecule has 3 atom stereocenters. The Hall–Kier alpha value is -5.00. The topological polar surface area (TPSA) is 141 Å². The molecule has 0 radical (unpaired) electrons. The third-order valence-electron chi connectivity index (χ3n) is 8.22. The predicted octanol–water partition coefficient (Wildman–Crippen LogP) is 4.74. The maximum absolute atomic E-state index is 15.4. The summed E-state index contributed by atoms with van der Waals surface area (Å²) in [6.07, 6.45) is 5.00. The standard InChI is InChI=1S/C32H32F2N6O4/c1-17-7-5-8-18(2)26(17)19-11-20(27(34)22(33)12-19)23(13-25(41)42)37-29(43)28-21(14-35)32(3,4)16-40(28)30(44)24-15-39-10-6-9-36-31(39)38-24/h5-12,14-15,21,23,28,35H,13,16H2,1-4H3,(H,37,43)(H,41,42)/t21?,23-,28-/m0/s1. The first-order valence-corrected chi connectivity index (χ1v) is 14.0. The van der Waals surface area contributed by atoms with Crippen LogP contribution in [0.15, 0.2) is 55.0 Å². The number of aryl methyl sites for hydroxylation is 2. The van der Waals surface area contributed by atoms with Crippen LogP contribution in [0.5, 0.6) is 0 Å². The van der Waals surface area contributed by atoms with Gasteiger partial charge in [-0.05, 0) is 59.7 Å². The summed E-state index contributed by atoms with van der Waals surface area (Å²) in [5.74, 6) is -5.71. The van der Waals surface area contributed by atoms with Gasteiger partial charge in [-0.3, -0.25) is 18.8 Å². The van der Waals surface area contributed by atoms with E-state index in [-0.39, 0.29) is 23.6 Å². The van der Waals surface area contributed by atoms with E-state index in [0.29, 0.717) is 11.1 Å². The second-order valence-electron chi connectivity index (χ2n) is 11.8. The molecule has 3 N–H and O–H groups in total. The van der Waals surface area contributed by atoms with Gasteiger partial charge in [0, 0.05) is 42.8 Å². The maximum atomic E-state index is 15.4. The highest BCUT2D eigenvalue weighted by atomic mass is 19.2. The number of halogens is 2.